The molecule has 0 rings (SSSR count). The summed E-state index contributed by atoms with van der Waals surface area (Å²) in [7, 11) is 2.11. The van der Waals surface area contributed by atoms with Gasteiger partial charge in [-0.1, -0.05) is 116 Å². The van der Waals surface area contributed by atoms with Crippen molar-refractivity contribution in [2.24, 2.45) is 10.8 Å². The zero-order valence-corrected chi connectivity index (χ0v) is 20.5. The lowest BCUT2D eigenvalue weighted by molar-refractivity contribution is 0.179. The molecule has 140 valence electrons. The molecule has 0 aromatic heterocycles. The van der Waals surface area contributed by atoms with Crippen LogP contribution in [-0.4, -0.2) is 25.4 Å². The fourth-order valence-electron chi connectivity index (χ4n) is 3.78. The Hall–Kier alpha value is 0.855. The lowest BCUT2D eigenvalue weighted by Gasteiger charge is -2.48. The van der Waals surface area contributed by atoms with E-state index in [4.69, 9.17) is 0 Å². The van der Waals surface area contributed by atoms with E-state index in [-0.39, 0.29) is 21.6 Å². The maximum Gasteiger partial charge on any atom is 0.336 e. The third-order valence-electron chi connectivity index (χ3n) is 6.84. The highest BCUT2D eigenvalue weighted by atomic mass is 127. The Balaban J connectivity index is 5.20. The number of rotatable bonds is 10. The second-order valence-corrected chi connectivity index (χ2v) is 13.4. The first-order chi connectivity index (χ1) is 10.5. The van der Waals surface area contributed by atoms with Crippen LogP contribution < -0.4 is 0 Å². The summed E-state index contributed by atoms with van der Waals surface area (Å²) >= 11 is 2.66. The number of halogens is 2. The van der Waals surface area contributed by atoms with Gasteiger partial charge in [-0.05, 0) is 25.9 Å². The summed E-state index contributed by atoms with van der Waals surface area (Å²) in [6.07, 6.45) is 1.20. The lowest BCUT2D eigenvalue weighted by Crippen LogP contribution is -2.47. The van der Waals surface area contributed by atoms with Crippen molar-refractivity contribution >= 4 is 44.7 Å². The first-order valence-corrected chi connectivity index (χ1v) is 10.8. The van der Waals surface area contributed by atoms with Crippen molar-refractivity contribution in [3.8, 4) is 0 Å². The van der Waals surface area contributed by atoms with E-state index in [9.17, 15) is 4.32 Å². The highest BCUT2D eigenvalue weighted by Gasteiger charge is 2.46. The predicted octanol–water partition coefficient (Wildman–Crippen LogP) is 6.42. The maximum atomic E-state index is 13.4. The zero-order valence-electron chi connectivity index (χ0n) is 18.3. The molecule has 0 saturated carbocycles. The summed E-state index contributed by atoms with van der Waals surface area (Å²) in [5.41, 5.74) is 0.530. The molecule has 3 atom stereocenters. The SMILES string of the molecule is CC(C)BC(C)C(C)(C)CC(C)(C)C(C)(I)BC(C)C(C)(C)BF. The molecule has 0 aromatic carbocycles. The second kappa shape index (κ2) is 8.70. The fourth-order valence-corrected chi connectivity index (χ4v) is 4.63. The molecule has 5 heteroatoms. The summed E-state index contributed by atoms with van der Waals surface area (Å²) in [5.74, 6) is 1.84. The fraction of sp³-hybridized carbons (Fsp3) is 1.00. The predicted molar refractivity (Wildman–Crippen MR) is 125 cm³/mol. The average Bonchev–Trinajstić information content (AvgIpc) is 2.35. The van der Waals surface area contributed by atoms with Crippen molar-refractivity contribution < 1.29 is 4.32 Å². The standard InChI is InChI=1S/C19H41B3FI/c1-13(2)20-14(3)16(5,6)12-17(7,8)19(11,24)21-15(4)18(9,10)22-23/h13-15,20-22H,12H2,1-11H3. The molecule has 0 N–H and O–H groups in total. The van der Waals surface area contributed by atoms with Crippen molar-refractivity contribution in [1.82, 2.24) is 0 Å². The van der Waals surface area contributed by atoms with Gasteiger partial charge in [0.1, 0.15) is 14.6 Å². The molecule has 24 heavy (non-hydrogen) atoms. The van der Waals surface area contributed by atoms with Crippen LogP contribution in [0.4, 0.5) is 4.32 Å². The molecule has 0 aliphatic rings. The summed E-state index contributed by atoms with van der Waals surface area (Å²) in [6, 6.07) is 0. The second-order valence-electron chi connectivity index (χ2n) is 11.0. The molecule has 0 heterocycles. The Labute approximate surface area is 168 Å². The Morgan fingerprint density at radius 2 is 1.33 bits per heavy atom. The molecule has 0 nitrogen and oxygen atoms in total. The van der Waals surface area contributed by atoms with Crippen LogP contribution in [0.25, 0.3) is 0 Å². The van der Waals surface area contributed by atoms with Gasteiger partial charge in [0.05, 0.1) is 0 Å². The minimum Gasteiger partial charge on any atom is -0.341 e. The van der Waals surface area contributed by atoms with E-state index in [1.54, 1.807) is 0 Å². The van der Waals surface area contributed by atoms with Crippen molar-refractivity contribution in [2.75, 3.05) is 0 Å². The van der Waals surface area contributed by atoms with Gasteiger partial charge in [-0.25, -0.2) is 0 Å². The smallest absolute Gasteiger partial charge is 0.336 e. The molecular formula is C19H41B3FI. The monoisotopic (exact) mass is 448 g/mol. The Morgan fingerprint density at radius 3 is 1.71 bits per heavy atom. The van der Waals surface area contributed by atoms with E-state index in [1.807, 2.05) is 0 Å². The molecule has 0 aliphatic carbocycles. The first-order valence-electron chi connectivity index (χ1n) is 9.73. The molecule has 0 aliphatic heterocycles. The Bertz CT molecular complexity index is 392. The molecule has 3 unspecified atom stereocenters. The van der Waals surface area contributed by atoms with E-state index >= 15 is 0 Å². The van der Waals surface area contributed by atoms with Crippen LogP contribution in [0.15, 0.2) is 0 Å². The van der Waals surface area contributed by atoms with Crippen LogP contribution in [0.2, 0.25) is 22.8 Å². The van der Waals surface area contributed by atoms with Crippen molar-refractivity contribution in [2.45, 2.75) is 109 Å². The van der Waals surface area contributed by atoms with Gasteiger partial charge in [-0.3, -0.25) is 0 Å². The largest absolute Gasteiger partial charge is 0.341 e. The highest BCUT2D eigenvalue weighted by molar-refractivity contribution is 14.1. The van der Waals surface area contributed by atoms with Crippen LogP contribution in [0, 0.1) is 10.8 Å². The van der Waals surface area contributed by atoms with Crippen LogP contribution in [0.3, 0.4) is 0 Å². The van der Waals surface area contributed by atoms with Crippen molar-refractivity contribution in [3.63, 3.8) is 0 Å². The summed E-state index contributed by atoms with van der Waals surface area (Å²) < 4.78 is 13.5. The minimum absolute atomic E-state index is 0.158. The maximum absolute atomic E-state index is 13.4. The van der Waals surface area contributed by atoms with Crippen LogP contribution in [-0.2, 0) is 0 Å². The molecule has 0 amide bonds. The van der Waals surface area contributed by atoms with Gasteiger partial charge in [0.15, 0.2) is 0 Å². The minimum atomic E-state index is -0.238. The van der Waals surface area contributed by atoms with Gasteiger partial charge >= 0.3 is 7.56 Å². The normalized spacial score (nSPS) is 18.8. The summed E-state index contributed by atoms with van der Waals surface area (Å²) in [4.78, 5) is 0. The van der Waals surface area contributed by atoms with Crippen molar-refractivity contribution in [3.05, 3.63) is 0 Å². The van der Waals surface area contributed by atoms with Gasteiger partial charge in [-0.15, -0.1) is 0 Å². The van der Waals surface area contributed by atoms with Gasteiger partial charge in [-0.2, -0.15) is 0 Å². The van der Waals surface area contributed by atoms with Gasteiger partial charge in [0, 0.05) is 0 Å². The Morgan fingerprint density at radius 1 is 0.875 bits per heavy atom. The van der Waals surface area contributed by atoms with Crippen molar-refractivity contribution in [1.29, 1.82) is 0 Å². The van der Waals surface area contributed by atoms with E-state index in [2.05, 4.69) is 98.8 Å². The molecule has 0 aromatic rings. The van der Waals surface area contributed by atoms with Gasteiger partial charge in [0.2, 0.25) is 0 Å². The molecule has 0 bridgehead atoms. The zero-order chi connectivity index (χ0) is 19.6. The molecule has 0 saturated heterocycles. The lowest BCUT2D eigenvalue weighted by atomic mass is 9.38. The quantitative estimate of drug-likeness (QED) is 0.206. The number of alkyl halides is 1. The third kappa shape index (κ3) is 6.87. The molecular weight excluding hydrogens is 407 g/mol. The first kappa shape index (κ1) is 24.9. The highest BCUT2D eigenvalue weighted by Crippen LogP contribution is 2.52. The van der Waals surface area contributed by atoms with Gasteiger partial charge in [0.25, 0.3) is 0 Å². The summed E-state index contributed by atoms with van der Waals surface area (Å²) in [5, 5.41) is -0.233. The number of hydrogen-bond acceptors (Lipinski definition) is 0. The van der Waals surface area contributed by atoms with Crippen LogP contribution >= 0.6 is 22.6 Å². The van der Waals surface area contributed by atoms with Crippen LogP contribution in [0.5, 0.6) is 0 Å². The number of hydrogen-bond donors (Lipinski definition) is 0. The van der Waals surface area contributed by atoms with E-state index in [0.29, 0.717) is 17.0 Å². The van der Waals surface area contributed by atoms with Gasteiger partial charge < -0.3 is 4.32 Å². The average molecular weight is 448 g/mol. The van der Waals surface area contributed by atoms with Crippen LogP contribution in [0.1, 0.15) is 82.6 Å². The molecule has 0 fully saturated rings. The third-order valence-corrected chi connectivity index (χ3v) is 8.74. The topological polar surface area (TPSA) is 0 Å². The molecule has 0 spiro atoms. The Kier molecular flexibility index (Phi) is 9.01. The van der Waals surface area contributed by atoms with E-state index in [1.165, 1.54) is 13.7 Å². The van der Waals surface area contributed by atoms with E-state index < -0.39 is 0 Å². The molecule has 0 radical (unpaired) electrons. The summed E-state index contributed by atoms with van der Waals surface area (Å²) in [6.45, 7) is 25.5. The van der Waals surface area contributed by atoms with E-state index in [0.717, 1.165) is 13.1 Å².